The fraction of sp³-hybridized carbons (Fsp3) is 0.462. The average molecular weight is 456 g/mol. The third kappa shape index (κ3) is 3.99. The minimum absolute atomic E-state index is 0.0780. The zero-order valence-corrected chi connectivity index (χ0v) is 19.2. The Labute approximate surface area is 192 Å². The van der Waals surface area contributed by atoms with Crippen molar-refractivity contribution in [2.75, 3.05) is 5.32 Å². The lowest BCUT2D eigenvalue weighted by atomic mass is 9.62. The van der Waals surface area contributed by atoms with Gasteiger partial charge in [-0.25, -0.2) is 9.18 Å². The summed E-state index contributed by atoms with van der Waals surface area (Å²) in [5.74, 6) is -2.44. The van der Waals surface area contributed by atoms with E-state index < -0.39 is 34.6 Å². The molecule has 2 atom stereocenters. The topological polar surface area (TPSA) is 95.9 Å². The summed E-state index contributed by atoms with van der Waals surface area (Å²) < 4.78 is 19.1. The molecule has 3 N–H and O–H groups in total. The van der Waals surface area contributed by atoms with Gasteiger partial charge in [0.15, 0.2) is 0 Å². The maximum absolute atomic E-state index is 14.0. The summed E-state index contributed by atoms with van der Waals surface area (Å²) in [6.45, 7) is 5.53. The van der Waals surface area contributed by atoms with Crippen molar-refractivity contribution in [1.82, 2.24) is 0 Å². The average Bonchev–Trinajstić information content (AvgIpc) is 3.45. The number of carbonyl (C=O) groups is 2. The summed E-state index contributed by atoms with van der Waals surface area (Å²) in [5.41, 5.74) is -0.724. The number of nitrogens with one attached hydrogen (secondary N) is 1. The Bertz CT molecular complexity index is 1090. The molecule has 1 saturated carbocycles. The number of ether oxygens (including phenoxy) is 1. The van der Waals surface area contributed by atoms with Crippen LogP contribution in [0.3, 0.4) is 0 Å². The van der Waals surface area contributed by atoms with Crippen LogP contribution >= 0.6 is 0 Å². The summed E-state index contributed by atoms with van der Waals surface area (Å²) >= 11 is 0. The van der Waals surface area contributed by atoms with Crippen LogP contribution in [0.25, 0.3) is 0 Å². The number of aliphatic hydroxyl groups is 1. The van der Waals surface area contributed by atoms with Crippen molar-refractivity contribution < 1.29 is 28.9 Å². The van der Waals surface area contributed by atoms with E-state index in [4.69, 9.17) is 4.74 Å². The van der Waals surface area contributed by atoms with Crippen LogP contribution in [0.15, 0.2) is 36.4 Å². The Morgan fingerprint density at radius 2 is 1.88 bits per heavy atom. The first kappa shape index (κ1) is 23.2. The largest absolute Gasteiger partial charge is 0.508 e. The van der Waals surface area contributed by atoms with Crippen molar-refractivity contribution in [3.05, 3.63) is 58.9 Å². The van der Waals surface area contributed by atoms with E-state index in [0.717, 1.165) is 12.8 Å². The second kappa shape index (κ2) is 8.45. The number of rotatable bonds is 6. The lowest BCUT2D eigenvalue weighted by molar-refractivity contribution is -0.151. The van der Waals surface area contributed by atoms with E-state index in [9.17, 15) is 24.2 Å². The highest BCUT2D eigenvalue weighted by molar-refractivity contribution is 5.99. The molecule has 1 aliphatic heterocycles. The van der Waals surface area contributed by atoms with Gasteiger partial charge in [0.1, 0.15) is 23.8 Å². The second-order valence-electron chi connectivity index (χ2n) is 9.81. The lowest BCUT2D eigenvalue weighted by Gasteiger charge is -2.45. The predicted octanol–water partition coefficient (Wildman–Crippen LogP) is 4.68. The number of esters is 1. The van der Waals surface area contributed by atoms with Crippen LogP contribution in [0.2, 0.25) is 0 Å². The van der Waals surface area contributed by atoms with Gasteiger partial charge >= 0.3 is 5.97 Å². The molecule has 0 aromatic heterocycles. The fourth-order valence-electron chi connectivity index (χ4n) is 5.35. The van der Waals surface area contributed by atoms with Gasteiger partial charge in [-0.05, 0) is 60.6 Å². The number of hydrogen-bond donors (Lipinski definition) is 3. The van der Waals surface area contributed by atoms with Gasteiger partial charge in [-0.15, -0.1) is 0 Å². The first-order valence-corrected chi connectivity index (χ1v) is 11.4. The summed E-state index contributed by atoms with van der Waals surface area (Å²) in [5, 5.41) is 25.3. The smallest absolute Gasteiger partial charge is 0.338 e. The quantitative estimate of drug-likeness (QED) is 0.550. The number of hydrogen-bond acceptors (Lipinski definition) is 5. The number of cyclic esters (lactones) is 1. The van der Waals surface area contributed by atoms with Crippen LogP contribution in [0.4, 0.5) is 10.1 Å². The molecule has 7 heteroatoms. The van der Waals surface area contributed by atoms with Crippen LogP contribution in [-0.4, -0.2) is 27.7 Å². The van der Waals surface area contributed by atoms with Gasteiger partial charge in [0.25, 0.3) is 5.91 Å². The monoisotopic (exact) mass is 455 g/mol. The van der Waals surface area contributed by atoms with Gasteiger partial charge in [-0.2, -0.15) is 0 Å². The van der Waals surface area contributed by atoms with E-state index in [0.29, 0.717) is 35.2 Å². The van der Waals surface area contributed by atoms with E-state index in [1.807, 2.05) is 0 Å². The molecular weight excluding hydrogens is 425 g/mol. The lowest BCUT2D eigenvalue weighted by Crippen LogP contribution is -2.58. The summed E-state index contributed by atoms with van der Waals surface area (Å²) in [6.07, 6.45) is 3.23. The van der Waals surface area contributed by atoms with Crippen LogP contribution in [0.1, 0.15) is 67.9 Å². The molecule has 2 aromatic carbocycles. The zero-order chi connectivity index (χ0) is 24.0. The minimum atomic E-state index is -1.76. The number of amides is 1. The number of benzene rings is 2. The van der Waals surface area contributed by atoms with Gasteiger partial charge in [-0.3, -0.25) is 4.79 Å². The molecule has 6 nitrogen and oxygen atoms in total. The Morgan fingerprint density at radius 3 is 2.58 bits per heavy atom. The van der Waals surface area contributed by atoms with Crippen LogP contribution in [-0.2, 0) is 21.6 Å². The van der Waals surface area contributed by atoms with Gasteiger partial charge < -0.3 is 20.3 Å². The molecule has 1 aliphatic carbocycles. The number of phenolic OH excluding ortho intramolecular Hbond substituents is 1. The van der Waals surface area contributed by atoms with E-state index in [1.54, 1.807) is 39.0 Å². The Kier molecular flexibility index (Phi) is 5.95. The predicted molar refractivity (Wildman–Crippen MR) is 121 cm³/mol. The summed E-state index contributed by atoms with van der Waals surface area (Å²) in [4.78, 5) is 25.4. The third-order valence-electron chi connectivity index (χ3n) is 7.68. The van der Waals surface area contributed by atoms with Crippen LogP contribution < -0.4 is 5.32 Å². The highest BCUT2D eigenvalue weighted by Gasteiger charge is 2.54. The molecule has 1 fully saturated rings. The number of carbonyl (C=O) groups excluding carboxylic acids is 2. The summed E-state index contributed by atoms with van der Waals surface area (Å²) in [7, 11) is 0. The van der Waals surface area contributed by atoms with Gasteiger partial charge in [0.05, 0.1) is 5.56 Å². The fourth-order valence-corrected chi connectivity index (χ4v) is 5.35. The highest BCUT2D eigenvalue weighted by atomic mass is 19.1. The van der Waals surface area contributed by atoms with E-state index in [-0.39, 0.29) is 18.3 Å². The van der Waals surface area contributed by atoms with Gasteiger partial charge in [0.2, 0.25) is 0 Å². The number of phenols is 1. The Hall–Kier alpha value is -2.93. The molecule has 2 aromatic rings. The van der Waals surface area contributed by atoms with Crippen LogP contribution in [0, 0.1) is 17.7 Å². The first-order valence-electron chi connectivity index (χ1n) is 11.4. The third-order valence-corrected chi connectivity index (χ3v) is 7.68. The zero-order valence-electron chi connectivity index (χ0n) is 19.2. The SMILES string of the molecule is CC(C(C)(C)c1cc(F)ccc1O)C(O)(C(=O)Nc1ccc2c(c1)COC2=O)C1CCCC1. The van der Waals surface area contributed by atoms with E-state index >= 15 is 0 Å². The minimum Gasteiger partial charge on any atom is -0.508 e. The van der Waals surface area contributed by atoms with Crippen molar-refractivity contribution in [3.8, 4) is 5.75 Å². The van der Waals surface area contributed by atoms with Gasteiger partial charge in [-0.1, -0.05) is 33.6 Å². The second-order valence-corrected chi connectivity index (χ2v) is 9.81. The van der Waals surface area contributed by atoms with Crippen LogP contribution in [0.5, 0.6) is 5.75 Å². The molecule has 2 aliphatic rings. The van der Waals surface area contributed by atoms with Crippen molar-refractivity contribution in [3.63, 3.8) is 0 Å². The molecule has 1 amide bonds. The number of aromatic hydroxyl groups is 1. The molecule has 0 spiro atoms. The maximum atomic E-state index is 14.0. The summed E-state index contributed by atoms with van der Waals surface area (Å²) in [6, 6.07) is 8.64. The van der Waals surface area contributed by atoms with Gasteiger partial charge in [0, 0.05) is 22.7 Å². The Balaban J connectivity index is 1.69. The van der Waals surface area contributed by atoms with Crippen molar-refractivity contribution in [2.24, 2.45) is 11.8 Å². The van der Waals surface area contributed by atoms with E-state index in [1.165, 1.54) is 18.2 Å². The molecule has 0 radical (unpaired) electrons. The molecule has 33 heavy (non-hydrogen) atoms. The molecule has 0 saturated heterocycles. The molecule has 176 valence electrons. The van der Waals surface area contributed by atoms with E-state index in [2.05, 4.69) is 5.32 Å². The number of halogens is 1. The van der Waals surface area contributed by atoms with Crippen molar-refractivity contribution in [1.29, 1.82) is 0 Å². The number of fused-ring (bicyclic) bond motifs is 1. The normalized spacial score (nSPS) is 19.0. The molecular formula is C26H30FNO5. The number of anilines is 1. The Morgan fingerprint density at radius 1 is 1.18 bits per heavy atom. The molecule has 0 bridgehead atoms. The first-order chi connectivity index (χ1) is 15.5. The standard InChI is InChI=1S/C26H30FNO5/c1-15(25(2,3)21-13-18(27)8-11-22(21)29)26(32,17-6-4-5-7-17)24(31)28-19-9-10-20-16(12-19)14-33-23(20)30/h8-13,15,17,29,32H,4-7,14H2,1-3H3,(H,28,31). The molecule has 1 heterocycles. The van der Waals surface area contributed by atoms with Crippen molar-refractivity contribution in [2.45, 2.75) is 64.1 Å². The maximum Gasteiger partial charge on any atom is 0.338 e. The highest BCUT2D eigenvalue weighted by Crippen LogP contribution is 2.48. The van der Waals surface area contributed by atoms with Crippen molar-refractivity contribution >= 4 is 17.6 Å². The molecule has 2 unspecified atom stereocenters. The molecule has 4 rings (SSSR count).